The molecule has 1 aliphatic rings. The van der Waals surface area contributed by atoms with Gasteiger partial charge in [0.05, 0.1) is 0 Å². The van der Waals surface area contributed by atoms with E-state index in [0.29, 0.717) is 17.4 Å². The normalized spacial score (nSPS) is 25.8. The number of hydrogen-bond acceptors (Lipinski definition) is 1. The molecule has 0 aliphatic heterocycles. The molecule has 3 heteroatoms. The molecule has 3 N–H and O–H groups in total. The van der Waals surface area contributed by atoms with E-state index in [2.05, 4.69) is 38.0 Å². The van der Waals surface area contributed by atoms with E-state index < -0.39 is 0 Å². The van der Waals surface area contributed by atoms with Crippen molar-refractivity contribution in [2.24, 2.45) is 22.1 Å². The highest BCUT2D eigenvalue weighted by Crippen LogP contribution is 2.38. The van der Waals surface area contributed by atoms with Crippen LogP contribution in [0.3, 0.4) is 0 Å². The number of nitrogens with one attached hydrogen (secondary N) is 1. The van der Waals surface area contributed by atoms with Crippen LogP contribution in [-0.4, -0.2) is 18.5 Å². The summed E-state index contributed by atoms with van der Waals surface area (Å²) in [6, 6.07) is 0.367. The molecule has 0 aromatic carbocycles. The maximum absolute atomic E-state index is 5.80. The molecule has 0 radical (unpaired) electrons. The summed E-state index contributed by atoms with van der Waals surface area (Å²) in [5.74, 6) is 1.31. The van der Waals surface area contributed by atoms with Crippen molar-refractivity contribution in [3.05, 3.63) is 0 Å². The molecule has 0 heterocycles. The first-order chi connectivity index (χ1) is 7.39. The molecular weight excluding hydrogens is 198 g/mol. The van der Waals surface area contributed by atoms with E-state index in [0.717, 1.165) is 12.5 Å². The predicted octanol–water partition coefficient (Wildman–Crippen LogP) is 2.52. The van der Waals surface area contributed by atoms with Crippen LogP contribution in [0.4, 0.5) is 0 Å². The standard InChI is InChI=1S/C13H27N3/c1-10(2)16-12(14)15-9-11-6-5-7-13(3,4)8-11/h10-11H,5-9H2,1-4H3,(H3,14,15,16). The zero-order valence-electron chi connectivity index (χ0n) is 11.2. The number of rotatable bonds is 3. The van der Waals surface area contributed by atoms with Crippen LogP contribution in [0, 0.1) is 11.3 Å². The van der Waals surface area contributed by atoms with Crippen molar-refractivity contribution in [1.82, 2.24) is 5.32 Å². The molecule has 1 fully saturated rings. The van der Waals surface area contributed by atoms with Gasteiger partial charge in [0.25, 0.3) is 0 Å². The molecule has 3 nitrogen and oxygen atoms in total. The zero-order valence-corrected chi connectivity index (χ0v) is 11.2. The first-order valence-corrected chi connectivity index (χ1v) is 6.45. The summed E-state index contributed by atoms with van der Waals surface area (Å²) < 4.78 is 0. The van der Waals surface area contributed by atoms with Crippen molar-refractivity contribution in [3.63, 3.8) is 0 Å². The second-order valence-electron chi connectivity index (χ2n) is 6.15. The molecular formula is C13H27N3. The molecule has 1 atom stereocenters. The highest BCUT2D eigenvalue weighted by Gasteiger charge is 2.27. The second kappa shape index (κ2) is 5.55. The smallest absolute Gasteiger partial charge is 0.188 e. The lowest BCUT2D eigenvalue weighted by molar-refractivity contribution is 0.185. The number of nitrogens with zero attached hydrogens (tertiary/aromatic N) is 1. The summed E-state index contributed by atoms with van der Waals surface area (Å²) in [6.45, 7) is 9.75. The summed E-state index contributed by atoms with van der Waals surface area (Å²) in [7, 11) is 0. The van der Waals surface area contributed by atoms with E-state index in [-0.39, 0.29) is 0 Å². The van der Waals surface area contributed by atoms with Gasteiger partial charge in [-0.05, 0) is 44.4 Å². The largest absolute Gasteiger partial charge is 0.370 e. The van der Waals surface area contributed by atoms with E-state index in [1.807, 2.05) is 0 Å². The van der Waals surface area contributed by atoms with E-state index in [1.165, 1.54) is 25.7 Å². The Morgan fingerprint density at radius 2 is 2.19 bits per heavy atom. The summed E-state index contributed by atoms with van der Waals surface area (Å²) in [4.78, 5) is 4.44. The highest BCUT2D eigenvalue weighted by molar-refractivity contribution is 5.78. The van der Waals surface area contributed by atoms with Crippen molar-refractivity contribution >= 4 is 5.96 Å². The van der Waals surface area contributed by atoms with Crippen molar-refractivity contribution in [2.45, 2.75) is 59.4 Å². The van der Waals surface area contributed by atoms with Gasteiger partial charge in [-0.2, -0.15) is 0 Å². The molecule has 0 aromatic rings. The van der Waals surface area contributed by atoms with Crippen LogP contribution < -0.4 is 11.1 Å². The fourth-order valence-electron chi connectivity index (χ4n) is 2.58. The minimum Gasteiger partial charge on any atom is -0.370 e. The summed E-state index contributed by atoms with van der Waals surface area (Å²) in [5, 5.41) is 3.13. The maximum Gasteiger partial charge on any atom is 0.188 e. The maximum atomic E-state index is 5.80. The van der Waals surface area contributed by atoms with Crippen LogP contribution in [0.1, 0.15) is 53.4 Å². The molecule has 1 unspecified atom stereocenters. The second-order valence-corrected chi connectivity index (χ2v) is 6.15. The van der Waals surface area contributed by atoms with Gasteiger partial charge < -0.3 is 11.1 Å². The topological polar surface area (TPSA) is 50.4 Å². The third-order valence-corrected chi connectivity index (χ3v) is 3.26. The van der Waals surface area contributed by atoms with Gasteiger partial charge in [0.1, 0.15) is 0 Å². The van der Waals surface area contributed by atoms with Crippen molar-refractivity contribution in [1.29, 1.82) is 0 Å². The lowest BCUT2D eigenvalue weighted by atomic mass is 9.72. The minimum absolute atomic E-state index is 0.367. The Labute approximate surface area is 99.9 Å². The fraction of sp³-hybridized carbons (Fsp3) is 0.923. The van der Waals surface area contributed by atoms with E-state index in [4.69, 9.17) is 5.73 Å². The third kappa shape index (κ3) is 4.86. The van der Waals surface area contributed by atoms with Crippen LogP contribution >= 0.6 is 0 Å². The summed E-state index contributed by atoms with van der Waals surface area (Å²) in [5.41, 5.74) is 6.30. The van der Waals surface area contributed by atoms with Gasteiger partial charge in [-0.15, -0.1) is 0 Å². The molecule has 94 valence electrons. The first-order valence-electron chi connectivity index (χ1n) is 6.45. The van der Waals surface area contributed by atoms with Crippen LogP contribution in [0.15, 0.2) is 4.99 Å². The molecule has 16 heavy (non-hydrogen) atoms. The lowest BCUT2D eigenvalue weighted by Gasteiger charge is -2.34. The highest BCUT2D eigenvalue weighted by atomic mass is 15.1. The number of hydrogen-bond donors (Lipinski definition) is 2. The molecule has 0 saturated heterocycles. The van der Waals surface area contributed by atoms with Crippen molar-refractivity contribution in [3.8, 4) is 0 Å². The number of guanidine groups is 1. The fourth-order valence-corrected chi connectivity index (χ4v) is 2.58. The van der Waals surface area contributed by atoms with Gasteiger partial charge in [-0.3, -0.25) is 4.99 Å². The Morgan fingerprint density at radius 1 is 1.50 bits per heavy atom. The summed E-state index contributed by atoms with van der Waals surface area (Å²) in [6.07, 6.45) is 5.28. The molecule has 1 aliphatic carbocycles. The molecule has 0 aromatic heterocycles. The first kappa shape index (κ1) is 13.3. The van der Waals surface area contributed by atoms with E-state index >= 15 is 0 Å². The number of nitrogens with two attached hydrogens (primary N) is 1. The van der Waals surface area contributed by atoms with Crippen molar-refractivity contribution < 1.29 is 0 Å². The van der Waals surface area contributed by atoms with E-state index in [9.17, 15) is 0 Å². The lowest BCUT2D eigenvalue weighted by Crippen LogP contribution is -2.37. The monoisotopic (exact) mass is 225 g/mol. The van der Waals surface area contributed by atoms with Crippen LogP contribution in [0.2, 0.25) is 0 Å². The molecule has 0 bridgehead atoms. The third-order valence-electron chi connectivity index (χ3n) is 3.26. The van der Waals surface area contributed by atoms with Gasteiger partial charge in [-0.1, -0.05) is 20.3 Å². The van der Waals surface area contributed by atoms with Crippen LogP contribution in [0.5, 0.6) is 0 Å². The van der Waals surface area contributed by atoms with Gasteiger partial charge >= 0.3 is 0 Å². The van der Waals surface area contributed by atoms with Gasteiger partial charge in [0.2, 0.25) is 0 Å². The van der Waals surface area contributed by atoms with E-state index in [1.54, 1.807) is 0 Å². The minimum atomic E-state index is 0.367. The molecule has 1 saturated carbocycles. The predicted molar refractivity (Wildman–Crippen MR) is 70.5 cm³/mol. The Morgan fingerprint density at radius 3 is 2.75 bits per heavy atom. The average Bonchev–Trinajstić information content (AvgIpc) is 2.12. The SMILES string of the molecule is CC(C)NC(N)=NCC1CCCC(C)(C)C1. The Hall–Kier alpha value is -0.730. The summed E-state index contributed by atoms with van der Waals surface area (Å²) >= 11 is 0. The Kier molecular flexibility index (Phi) is 4.63. The average molecular weight is 225 g/mol. The molecule has 0 spiro atoms. The quantitative estimate of drug-likeness (QED) is 0.573. The Bertz CT molecular complexity index is 244. The van der Waals surface area contributed by atoms with Crippen molar-refractivity contribution in [2.75, 3.05) is 6.54 Å². The van der Waals surface area contributed by atoms with Crippen LogP contribution in [0.25, 0.3) is 0 Å². The Balaban J connectivity index is 2.37. The van der Waals surface area contributed by atoms with Gasteiger partial charge in [-0.25, -0.2) is 0 Å². The van der Waals surface area contributed by atoms with Gasteiger partial charge in [0, 0.05) is 12.6 Å². The van der Waals surface area contributed by atoms with Gasteiger partial charge in [0.15, 0.2) is 5.96 Å². The zero-order chi connectivity index (χ0) is 12.2. The molecule has 0 amide bonds. The number of aliphatic imine (C=N–C) groups is 1. The molecule has 1 rings (SSSR count). The van der Waals surface area contributed by atoms with Crippen LogP contribution in [-0.2, 0) is 0 Å².